The molecular weight excluding hydrogens is 319 g/mol. The van der Waals surface area contributed by atoms with Crippen LogP contribution in [0.2, 0.25) is 0 Å². The molecule has 0 spiro atoms. The maximum Gasteiger partial charge on any atom is 0.250 e. The van der Waals surface area contributed by atoms with E-state index in [-0.39, 0.29) is 36.1 Å². The third kappa shape index (κ3) is 5.88. The van der Waals surface area contributed by atoms with Gasteiger partial charge in [0.15, 0.2) is 0 Å². The van der Waals surface area contributed by atoms with Gasteiger partial charge in [-0.1, -0.05) is 6.07 Å². The molecule has 0 saturated carbocycles. The van der Waals surface area contributed by atoms with Crippen molar-refractivity contribution in [3.8, 4) is 0 Å². The van der Waals surface area contributed by atoms with Crippen LogP contribution in [-0.4, -0.2) is 34.0 Å². The van der Waals surface area contributed by atoms with Crippen LogP contribution in [0.25, 0.3) is 0 Å². The van der Waals surface area contributed by atoms with Crippen molar-refractivity contribution in [2.75, 3.05) is 12.3 Å². The second-order valence-electron chi connectivity index (χ2n) is 4.89. The highest BCUT2D eigenvalue weighted by Crippen LogP contribution is 2.17. The van der Waals surface area contributed by atoms with Crippen molar-refractivity contribution in [1.29, 1.82) is 0 Å². The number of rotatable bonds is 7. The lowest BCUT2D eigenvalue weighted by Crippen LogP contribution is -2.37. The number of thioether (sulfide) groups is 1. The third-order valence-electron chi connectivity index (χ3n) is 3.02. The van der Waals surface area contributed by atoms with Gasteiger partial charge in [0, 0.05) is 23.7 Å². The van der Waals surface area contributed by atoms with Crippen LogP contribution in [0.1, 0.15) is 0 Å². The number of benzene rings is 1. The van der Waals surface area contributed by atoms with Crippen LogP contribution in [0.4, 0.5) is 4.39 Å². The Balaban J connectivity index is 1.72. The number of hydrogen-bond acceptors (Lipinski definition) is 4. The van der Waals surface area contributed by atoms with E-state index < -0.39 is 6.10 Å². The largest absolute Gasteiger partial charge is 0.389 e. The van der Waals surface area contributed by atoms with Crippen molar-refractivity contribution >= 4 is 17.7 Å². The standard InChI is InChI=1S/C16H17FN2O3S/c17-12-4-6-14(7-5-12)23-11-15(21)18-9-13(20)10-19-8-2-1-3-16(19)22/h1-8,13,20H,9-11H2,(H,18,21)/t13-/m1/s1. The summed E-state index contributed by atoms with van der Waals surface area (Å²) in [7, 11) is 0. The van der Waals surface area contributed by atoms with E-state index >= 15 is 0 Å². The molecule has 1 atom stereocenters. The molecule has 2 rings (SSSR count). The summed E-state index contributed by atoms with van der Waals surface area (Å²) in [6.45, 7) is 0.176. The normalized spacial score (nSPS) is 11.9. The van der Waals surface area contributed by atoms with Gasteiger partial charge in [0.1, 0.15) is 5.82 Å². The first-order chi connectivity index (χ1) is 11.0. The number of carbonyl (C=O) groups excluding carboxylic acids is 1. The lowest BCUT2D eigenvalue weighted by Gasteiger charge is -2.13. The Labute approximate surface area is 137 Å². The Bertz CT molecular complexity index is 703. The number of nitrogens with one attached hydrogen (secondary N) is 1. The van der Waals surface area contributed by atoms with Crippen molar-refractivity contribution in [2.45, 2.75) is 17.5 Å². The molecule has 2 N–H and O–H groups in total. The molecule has 1 aromatic carbocycles. The molecule has 23 heavy (non-hydrogen) atoms. The van der Waals surface area contributed by atoms with E-state index in [9.17, 15) is 19.1 Å². The fourth-order valence-electron chi connectivity index (χ4n) is 1.87. The van der Waals surface area contributed by atoms with Crippen LogP contribution in [0.3, 0.4) is 0 Å². The maximum absolute atomic E-state index is 12.8. The summed E-state index contributed by atoms with van der Waals surface area (Å²) in [4.78, 5) is 24.0. The number of aliphatic hydroxyl groups is 1. The first-order valence-electron chi connectivity index (χ1n) is 7.03. The summed E-state index contributed by atoms with van der Waals surface area (Å²) in [6.07, 6.45) is 0.729. The van der Waals surface area contributed by atoms with Gasteiger partial charge in [0.25, 0.3) is 5.56 Å². The summed E-state index contributed by atoms with van der Waals surface area (Å²) in [5.74, 6) is -0.388. The van der Waals surface area contributed by atoms with E-state index in [0.717, 1.165) is 4.90 Å². The lowest BCUT2D eigenvalue weighted by molar-refractivity contribution is -0.119. The minimum atomic E-state index is -0.852. The van der Waals surface area contributed by atoms with Gasteiger partial charge in [-0.05, 0) is 30.3 Å². The molecule has 0 aliphatic rings. The van der Waals surface area contributed by atoms with Gasteiger partial charge in [-0.15, -0.1) is 11.8 Å². The summed E-state index contributed by atoms with van der Waals surface area (Å²) in [5, 5.41) is 12.5. The van der Waals surface area contributed by atoms with Crippen LogP contribution in [-0.2, 0) is 11.3 Å². The topological polar surface area (TPSA) is 71.3 Å². The van der Waals surface area contributed by atoms with E-state index in [1.165, 1.54) is 34.5 Å². The molecule has 0 unspecified atom stereocenters. The zero-order valence-corrected chi connectivity index (χ0v) is 13.1. The van der Waals surface area contributed by atoms with E-state index in [4.69, 9.17) is 0 Å². The highest BCUT2D eigenvalue weighted by atomic mass is 32.2. The average molecular weight is 336 g/mol. The van der Waals surface area contributed by atoms with E-state index in [1.54, 1.807) is 30.5 Å². The minimum Gasteiger partial charge on any atom is -0.389 e. The average Bonchev–Trinajstić information content (AvgIpc) is 2.54. The van der Waals surface area contributed by atoms with Crippen molar-refractivity contribution < 1.29 is 14.3 Å². The molecule has 122 valence electrons. The molecule has 7 heteroatoms. The van der Waals surface area contributed by atoms with Gasteiger partial charge < -0.3 is 15.0 Å². The Kier molecular flexibility index (Phi) is 6.37. The van der Waals surface area contributed by atoms with Crippen molar-refractivity contribution in [1.82, 2.24) is 9.88 Å². The van der Waals surface area contributed by atoms with Crippen LogP contribution in [0.5, 0.6) is 0 Å². The van der Waals surface area contributed by atoms with E-state index in [0.29, 0.717) is 0 Å². The van der Waals surface area contributed by atoms with Gasteiger partial charge in [-0.3, -0.25) is 9.59 Å². The van der Waals surface area contributed by atoms with Crippen LogP contribution < -0.4 is 10.9 Å². The Hall–Kier alpha value is -2.12. The molecule has 0 saturated heterocycles. The third-order valence-corrected chi connectivity index (χ3v) is 4.04. The Morgan fingerprint density at radius 3 is 2.70 bits per heavy atom. The highest BCUT2D eigenvalue weighted by molar-refractivity contribution is 8.00. The molecule has 0 fully saturated rings. The second-order valence-corrected chi connectivity index (χ2v) is 5.94. The van der Waals surface area contributed by atoms with Crippen molar-refractivity contribution in [2.24, 2.45) is 0 Å². The monoisotopic (exact) mass is 336 g/mol. The quantitative estimate of drug-likeness (QED) is 0.747. The fraction of sp³-hybridized carbons (Fsp3) is 0.250. The second kappa shape index (κ2) is 8.50. The SMILES string of the molecule is O=C(CSc1ccc(F)cc1)NC[C@@H](O)Cn1ccccc1=O. The van der Waals surface area contributed by atoms with Crippen molar-refractivity contribution in [3.63, 3.8) is 0 Å². The molecule has 1 heterocycles. The molecule has 0 aliphatic heterocycles. The summed E-state index contributed by atoms with van der Waals surface area (Å²) in [6, 6.07) is 10.6. The number of carbonyl (C=O) groups is 1. The number of aromatic nitrogens is 1. The van der Waals surface area contributed by atoms with Crippen molar-refractivity contribution in [3.05, 3.63) is 64.8 Å². The smallest absolute Gasteiger partial charge is 0.250 e. The Morgan fingerprint density at radius 1 is 1.26 bits per heavy atom. The predicted octanol–water partition coefficient (Wildman–Crippen LogP) is 1.26. The van der Waals surface area contributed by atoms with Crippen LogP contribution >= 0.6 is 11.8 Å². The molecule has 2 aromatic rings. The highest BCUT2D eigenvalue weighted by Gasteiger charge is 2.09. The molecular formula is C16H17FN2O3S. The van der Waals surface area contributed by atoms with Gasteiger partial charge in [0.2, 0.25) is 5.91 Å². The first-order valence-corrected chi connectivity index (χ1v) is 8.02. The molecule has 0 radical (unpaired) electrons. The predicted molar refractivity (Wildman–Crippen MR) is 86.8 cm³/mol. The molecule has 5 nitrogen and oxygen atoms in total. The van der Waals surface area contributed by atoms with Crippen LogP contribution in [0, 0.1) is 5.82 Å². The minimum absolute atomic E-state index is 0.0597. The van der Waals surface area contributed by atoms with Gasteiger partial charge in [0.05, 0.1) is 18.4 Å². The zero-order valence-electron chi connectivity index (χ0n) is 12.3. The zero-order chi connectivity index (χ0) is 16.7. The molecule has 1 amide bonds. The van der Waals surface area contributed by atoms with Crippen LogP contribution in [0.15, 0.2) is 58.4 Å². The van der Waals surface area contributed by atoms with Gasteiger partial charge >= 0.3 is 0 Å². The van der Waals surface area contributed by atoms with E-state index in [1.807, 2.05) is 0 Å². The maximum atomic E-state index is 12.8. The summed E-state index contributed by atoms with van der Waals surface area (Å²) >= 11 is 1.28. The summed E-state index contributed by atoms with van der Waals surface area (Å²) < 4.78 is 14.1. The Morgan fingerprint density at radius 2 is 2.00 bits per heavy atom. The van der Waals surface area contributed by atoms with Gasteiger partial charge in [-0.2, -0.15) is 0 Å². The van der Waals surface area contributed by atoms with Gasteiger partial charge in [-0.25, -0.2) is 4.39 Å². The lowest BCUT2D eigenvalue weighted by atomic mass is 10.3. The molecule has 0 bridgehead atoms. The number of aliphatic hydroxyl groups excluding tert-OH is 1. The fourth-order valence-corrected chi connectivity index (χ4v) is 2.59. The van der Waals surface area contributed by atoms with E-state index in [2.05, 4.69) is 5.32 Å². The number of halogens is 1. The number of pyridine rings is 1. The molecule has 0 aliphatic carbocycles. The summed E-state index contributed by atoms with van der Waals surface area (Å²) in [5.41, 5.74) is -0.204. The first kappa shape index (κ1) is 17.2. The molecule has 1 aromatic heterocycles. The number of nitrogens with zero attached hydrogens (tertiary/aromatic N) is 1. The number of hydrogen-bond donors (Lipinski definition) is 2. The number of amides is 1.